The minimum absolute atomic E-state index is 0. The number of nitrogens with two attached hydrogens (primary N) is 1. The van der Waals surface area contributed by atoms with Gasteiger partial charge in [0, 0.05) is 6.04 Å². The van der Waals surface area contributed by atoms with E-state index in [0.717, 1.165) is 5.56 Å². The van der Waals surface area contributed by atoms with Gasteiger partial charge in [0.15, 0.2) is 0 Å². The fourth-order valence-corrected chi connectivity index (χ4v) is 1.01. The molecule has 0 saturated carbocycles. The lowest BCUT2D eigenvalue weighted by molar-refractivity contribution is -0.137. The monoisotopic (exact) mass is 201 g/mol. The minimum Gasteiger partial charge on any atom is -0.481 e. The molecule has 0 heterocycles. The normalized spacial score (nSPS) is 11.5. The third kappa shape index (κ3) is 3.92. The van der Waals surface area contributed by atoms with Crippen molar-refractivity contribution in [3.63, 3.8) is 0 Å². The van der Waals surface area contributed by atoms with Gasteiger partial charge in [-0.1, -0.05) is 30.3 Å². The van der Waals surface area contributed by atoms with Crippen LogP contribution in [0.15, 0.2) is 30.3 Å². The maximum atomic E-state index is 10.3. The van der Waals surface area contributed by atoms with Gasteiger partial charge in [-0.05, 0) is 5.56 Å². The Morgan fingerprint density at radius 3 is 2.38 bits per heavy atom. The van der Waals surface area contributed by atoms with E-state index < -0.39 is 12.0 Å². The first-order valence-corrected chi connectivity index (χ1v) is 3.72. The molecule has 72 valence electrons. The SMILES string of the molecule is Cl.N[C@@H](CC(=O)O)c1ccccc1. The van der Waals surface area contributed by atoms with Crippen LogP contribution in [0.25, 0.3) is 0 Å². The van der Waals surface area contributed by atoms with Crippen LogP contribution >= 0.6 is 12.4 Å². The lowest BCUT2D eigenvalue weighted by Gasteiger charge is -2.07. The van der Waals surface area contributed by atoms with E-state index in [9.17, 15) is 4.79 Å². The quantitative estimate of drug-likeness (QED) is 0.781. The van der Waals surface area contributed by atoms with Crippen LogP contribution in [-0.4, -0.2) is 11.1 Å². The maximum Gasteiger partial charge on any atom is 0.305 e. The van der Waals surface area contributed by atoms with E-state index in [1.165, 1.54) is 0 Å². The smallest absolute Gasteiger partial charge is 0.305 e. The molecule has 0 amide bonds. The molecular weight excluding hydrogens is 190 g/mol. The van der Waals surface area contributed by atoms with E-state index in [2.05, 4.69) is 0 Å². The molecule has 3 nitrogen and oxygen atoms in total. The molecule has 0 spiro atoms. The lowest BCUT2D eigenvalue weighted by atomic mass is 10.1. The third-order valence-corrected chi connectivity index (χ3v) is 1.62. The molecule has 1 aromatic rings. The van der Waals surface area contributed by atoms with Crippen LogP contribution in [0.2, 0.25) is 0 Å². The van der Waals surface area contributed by atoms with Gasteiger partial charge in [-0.15, -0.1) is 12.4 Å². The van der Waals surface area contributed by atoms with Gasteiger partial charge in [-0.2, -0.15) is 0 Å². The van der Waals surface area contributed by atoms with Crippen LogP contribution in [0.4, 0.5) is 0 Å². The second-order valence-electron chi connectivity index (χ2n) is 2.62. The lowest BCUT2D eigenvalue weighted by Crippen LogP contribution is -2.14. The topological polar surface area (TPSA) is 63.3 Å². The summed E-state index contributed by atoms with van der Waals surface area (Å²) in [7, 11) is 0. The number of aliphatic carboxylic acids is 1. The fourth-order valence-electron chi connectivity index (χ4n) is 1.01. The highest BCUT2D eigenvalue weighted by atomic mass is 35.5. The highest BCUT2D eigenvalue weighted by Crippen LogP contribution is 2.12. The first kappa shape index (κ1) is 11.9. The number of rotatable bonds is 3. The Bertz CT molecular complexity index is 264. The summed E-state index contributed by atoms with van der Waals surface area (Å²) in [6.07, 6.45) is -0.0238. The number of hydrogen-bond donors (Lipinski definition) is 2. The van der Waals surface area contributed by atoms with Crippen LogP contribution in [0, 0.1) is 0 Å². The molecule has 3 N–H and O–H groups in total. The molecule has 0 unspecified atom stereocenters. The Morgan fingerprint density at radius 2 is 1.92 bits per heavy atom. The Hall–Kier alpha value is -1.06. The summed E-state index contributed by atoms with van der Waals surface area (Å²) in [5.74, 6) is -0.869. The van der Waals surface area contributed by atoms with Crippen molar-refractivity contribution in [3.8, 4) is 0 Å². The molecule has 0 radical (unpaired) electrons. The molecule has 1 rings (SSSR count). The molecule has 0 aliphatic carbocycles. The van der Waals surface area contributed by atoms with Gasteiger partial charge >= 0.3 is 5.97 Å². The number of carbonyl (C=O) groups is 1. The number of halogens is 1. The average molecular weight is 202 g/mol. The highest BCUT2D eigenvalue weighted by molar-refractivity contribution is 5.85. The summed E-state index contributed by atoms with van der Waals surface area (Å²) < 4.78 is 0. The van der Waals surface area contributed by atoms with Crippen LogP contribution in [0.5, 0.6) is 0 Å². The summed E-state index contributed by atoms with van der Waals surface area (Å²) in [4.78, 5) is 10.3. The van der Waals surface area contributed by atoms with E-state index in [-0.39, 0.29) is 18.8 Å². The van der Waals surface area contributed by atoms with Gasteiger partial charge in [0.1, 0.15) is 0 Å². The molecule has 1 aromatic carbocycles. The molecule has 0 aliphatic rings. The van der Waals surface area contributed by atoms with E-state index >= 15 is 0 Å². The predicted octanol–water partition coefficient (Wildman–Crippen LogP) is 1.58. The van der Waals surface area contributed by atoms with E-state index in [0.29, 0.717) is 0 Å². The maximum absolute atomic E-state index is 10.3. The second-order valence-corrected chi connectivity index (χ2v) is 2.62. The van der Waals surface area contributed by atoms with Crippen molar-refractivity contribution in [2.75, 3.05) is 0 Å². The number of carboxylic acids is 1. The van der Waals surface area contributed by atoms with Crippen molar-refractivity contribution < 1.29 is 9.90 Å². The molecule has 13 heavy (non-hydrogen) atoms. The average Bonchev–Trinajstić information content (AvgIpc) is 2.05. The molecule has 1 atom stereocenters. The van der Waals surface area contributed by atoms with Crippen LogP contribution < -0.4 is 5.73 Å². The third-order valence-electron chi connectivity index (χ3n) is 1.62. The van der Waals surface area contributed by atoms with Crippen LogP contribution in [0.1, 0.15) is 18.0 Å². The Balaban J connectivity index is 0.00000144. The number of hydrogen-bond acceptors (Lipinski definition) is 2. The second kappa shape index (κ2) is 5.56. The molecule has 0 fully saturated rings. The van der Waals surface area contributed by atoms with Gasteiger partial charge in [0.25, 0.3) is 0 Å². The molecule has 0 saturated heterocycles. The minimum atomic E-state index is -0.869. The van der Waals surface area contributed by atoms with Gasteiger partial charge in [0.2, 0.25) is 0 Å². The first-order chi connectivity index (χ1) is 5.70. The summed E-state index contributed by atoms with van der Waals surface area (Å²) in [5, 5.41) is 8.47. The Kier molecular flexibility index (Phi) is 5.11. The zero-order valence-electron chi connectivity index (χ0n) is 7.01. The standard InChI is InChI=1S/C9H11NO2.ClH/c10-8(6-9(11)12)7-4-2-1-3-5-7;/h1-5,8H,6,10H2,(H,11,12);1H/t8-;/m0./s1. The van der Waals surface area contributed by atoms with E-state index in [1.54, 1.807) is 0 Å². The number of carboxylic acid groups (broad SMARTS) is 1. The molecular formula is C9H12ClNO2. The van der Waals surface area contributed by atoms with Crippen molar-refractivity contribution >= 4 is 18.4 Å². The zero-order chi connectivity index (χ0) is 8.97. The number of benzene rings is 1. The molecule has 0 bridgehead atoms. The summed E-state index contributed by atoms with van der Waals surface area (Å²) in [6.45, 7) is 0. The highest BCUT2D eigenvalue weighted by Gasteiger charge is 2.08. The Labute approximate surface area is 83.0 Å². The van der Waals surface area contributed by atoms with Gasteiger partial charge in [-0.3, -0.25) is 4.79 Å². The van der Waals surface area contributed by atoms with Crippen molar-refractivity contribution in [2.24, 2.45) is 5.73 Å². The van der Waals surface area contributed by atoms with Gasteiger partial charge in [0.05, 0.1) is 6.42 Å². The summed E-state index contributed by atoms with van der Waals surface area (Å²) >= 11 is 0. The largest absolute Gasteiger partial charge is 0.481 e. The zero-order valence-corrected chi connectivity index (χ0v) is 7.83. The van der Waals surface area contributed by atoms with Crippen molar-refractivity contribution in [3.05, 3.63) is 35.9 Å². The molecule has 0 aromatic heterocycles. The Morgan fingerprint density at radius 1 is 1.38 bits per heavy atom. The van der Waals surface area contributed by atoms with Crippen molar-refractivity contribution in [1.29, 1.82) is 0 Å². The van der Waals surface area contributed by atoms with Crippen molar-refractivity contribution in [2.45, 2.75) is 12.5 Å². The predicted molar refractivity (Wildman–Crippen MR) is 52.9 cm³/mol. The fraction of sp³-hybridized carbons (Fsp3) is 0.222. The van der Waals surface area contributed by atoms with E-state index in [1.807, 2.05) is 30.3 Å². The summed E-state index contributed by atoms with van der Waals surface area (Å²) in [5.41, 5.74) is 6.48. The summed E-state index contributed by atoms with van der Waals surface area (Å²) in [6, 6.07) is 8.82. The molecule has 4 heteroatoms. The van der Waals surface area contributed by atoms with Crippen LogP contribution in [0.3, 0.4) is 0 Å². The van der Waals surface area contributed by atoms with Gasteiger partial charge in [-0.25, -0.2) is 0 Å². The first-order valence-electron chi connectivity index (χ1n) is 3.72. The molecule has 0 aliphatic heterocycles. The van der Waals surface area contributed by atoms with Gasteiger partial charge < -0.3 is 10.8 Å². The van der Waals surface area contributed by atoms with E-state index in [4.69, 9.17) is 10.8 Å². The van der Waals surface area contributed by atoms with Crippen molar-refractivity contribution in [1.82, 2.24) is 0 Å². The van der Waals surface area contributed by atoms with Crippen LogP contribution in [-0.2, 0) is 4.79 Å².